The molecule has 0 amide bonds. The van der Waals surface area contributed by atoms with E-state index in [-0.39, 0.29) is 5.41 Å². The summed E-state index contributed by atoms with van der Waals surface area (Å²) >= 11 is 3.47. The summed E-state index contributed by atoms with van der Waals surface area (Å²) in [7, 11) is 0. The third-order valence-electron chi connectivity index (χ3n) is 4.02. The van der Waals surface area contributed by atoms with Crippen molar-refractivity contribution in [1.82, 2.24) is 0 Å². The van der Waals surface area contributed by atoms with E-state index in [9.17, 15) is 5.11 Å². The van der Waals surface area contributed by atoms with E-state index in [4.69, 9.17) is 4.74 Å². The topological polar surface area (TPSA) is 29.5 Å². The van der Waals surface area contributed by atoms with Crippen LogP contribution in [0.4, 0.5) is 0 Å². The van der Waals surface area contributed by atoms with Crippen LogP contribution in [0.25, 0.3) is 0 Å². The first kappa shape index (κ1) is 14.6. The first-order chi connectivity index (χ1) is 9.95. The predicted octanol–water partition coefficient (Wildman–Crippen LogP) is 4.40. The molecule has 0 fully saturated rings. The Labute approximate surface area is 133 Å². The fourth-order valence-electron chi connectivity index (χ4n) is 2.75. The number of hydrogen-bond acceptors (Lipinski definition) is 2. The number of aliphatic hydroxyl groups is 1. The first-order valence-corrected chi connectivity index (χ1v) is 7.95. The van der Waals surface area contributed by atoms with Gasteiger partial charge in [-0.15, -0.1) is 0 Å². The fraction of sp³-hybridized carbons (Fsp3) is 0.333. The van der Waals surface area contributed by atoms with Gasteiger partial charge in [-0.05, 0) is 35.4 Å². The quantitative estimate of drug-likeness (QED) is 0.892. The molecular weight excluding hydrogens is 328 g/mol. The van der Waals surface area contributed by atoms with Crippen LogP contribution in [0.5, 0.6) is 5.75 Å². The molecule has 1 atom stereocenters. The number of rotatable bonds is 3. The molecule has 2 aromatic rings. The van der Waals surface area contributed by atoms with Crippen LogP contribution in [0.2, 0.25) is 0 Å². The number of aliphatic hydroxyl groups excluding tert-OH is 1. The normalized spacial score (nSPS) is 17.1. The van der Waals surface area contributed by atoms with Gasteiger partial charge in [0.2, 0.25) is 0 Å². The Morgan fingerprint density at radius 1 is 1.24 bits per heavy atom. The van der Waals surface area contributed by atoms with Gasteiger partial charge in [-0.2, -0.15) is 0 Å². The summed E-state index contributed by atoms with van der Waals surface area (Å²) in [6.45, 7) is 5.04. The summed E-state index contributed by atoms with van der Waals surface area (Å²) in [4.78, 5) is 0. The molecule has 1 N–H and O–H groups in total. The molecule has 0 bridgehead atoms. The number of benzene rings is 2. The molecule has 1 aliphatic rings. The minimum atomic E-state index is -0.499. The molecule has 1 unspecified atom stereocenters. The maximum absolute atomic E-state index is 10.5. The van der Waals surface area contributed by atoms with Gasteiger partial charge in [0.05, 0.1) is 12.7 Å². The summed E-state index contributed by atoms with van der Waals surface area (Å²) in [5.74, 6) is 0.943. The Balaban J connectivity index is 1.84. The average Bonchev–Trinajstić information content (AvgIpc) is 2.74. The lowest BCUT2D eigenvalue weighted by Gasteiger charge is -2.18. The van der Waals surface area contributed by atoms with Gasteiger partial charge in [0.25, 0.3) is 0 Å². The van der Waals surface area contributed by atoms with E-state index >= 15 is 0 Å². The van der Waals surface area contributed by atoms with Crippen LogP contribution in [0, 0.1) is 0 Å². The summed E-state index contributed by atoms with van der Waals surface area (Å²) in [6.07, 6.45) is 0.112. The van der Waals surface area contributed by atoms with Gasteiger partial charge in [-0.1, -0.05) is 48.0 Å². The Morgan fingerprint density at radius 3 is 2.81 bits per heavy atom. The van der Waals surface area contributed by atoms with Crippen molar-refractivity contribution >= 4 is 15.9 Å². The van der Waals surface area contributed by atoms with Crippen molar-refractivity contribution in [2.45, 2.75) is 31.8 Å². The number of ether oxygens (including phenoxy) is 1. The van der Waals surface area contributed by atoms with Gasteiger partial charge in [-0.25, -0.2) is 0 Å². The van der Waals surface area contributed by atoms with Crippen LogP contribution in [-0.2, 0) is 11.8 Å². The van der Waals surface area contributed by atoms with Crippen LogP contribution >= 0.6 is 15.9 Å². The lowest BCUT2D eigenvalue weighted by atomic mass is 9.85. The molecule has 1 aliphatic heterocycles. The zero-order valence-electron chi connectivity index (χ0n) is 12.3. The SMILES string of the molecule is CC1(C)COc2ccc(C(O)Cc3cccc(Br)c3)cc21. The molecule has 0 radical (unpaired) electrons. The number of fused-ring (bicyclic) bond motifs is 1. The highest BCUT2D eigenvalue weighted by molar-refractivity contribution is 9.10. The summed E-state index contributed by atoms with van der Waals surface area (Å²) in [5, 5.41) is 10.5. The van der Waals surface area contributed by atoms with E-state index in [1.165, 1.54) is 5.56 Å². The van der Waals surface area contributed by atoms with Crippen molar-refractivity contribution in [2.24, 2.45) is 0 Å². The second-order valence-corrected chi connectivity index (χ2v) is 7.19. The van der Waals surface area contributed by atoms with Gasteiger partial charge in [0.1, 0.15) is 5.75 Å². The molecule has 0 saturated carbocycles. The van der Waals surface area contributed by atoms with Crippen molar-refractivity contribution in [3.63, 3.8) is 0 Å². The van der Waals surface area contributed by atoms with Crippen molar-refractivity contribution in [2.75, 3.05) is 6.61 Å². The van der Waals surface area contributed by atoms with Crippen molar-refractivity contribution in [3.05, 3.63) is 63.6 Å². The van der Waals surface area contributed by atoms with Crippen molar-refractivity contribution in [3.8, 4) is 5.75 Å². The molecular formula is C18H19BrO2. The minimum Gasteiger partial charge on any atom is -0.492 e. The number of hydrogen-bond donors (Lipinski definition) is 1. The molecule has 3 rings (SSSR count). The van der Waals surface area contributed by atoms with Crippen LogP contribution in [0.1, 0.15) is 36.6 Å². The van der Waals surface area contributed by atoms with E-state index in [1.54, 1.807) is 0 Å². The third kappa shape index (κ3) is 2.99. The van der Waals surface area contributed by atoms with Gasteiger partial charge >= 0.3 is 0 Å². The first-order valence-electron chi connectivity index (χ1n) is 7.15. The molecule has 3 heteroatoms. The zero-order valence-corrected chi connectivity index (χ0v) is 13.9. The molecule has 0 aliphatic carbocycles. The molecule has 2 nitrogen and oxygen atoms in total. The van der Waals surface area contributed by atoms with Crippen LogP contribution < -0.4 is 4.74 Å². The molecule has 110 valence electrons. The standard InChI is InChI=1S/C18H19BrO2/c1-18(2)11-21-17-7-6-13(10-15(17)18)16(20)9-12-4-3-5-14(19)8-12/h3-8,10,16,20H,9,11H2,1-2H3. The largest absolute Gasteiger partial charge is 0.492 e. The summed E-state index contributed by atoms with van der Waals surface area (Å²) < 4.78 is 6.73. The maximum Gasteiger partial charge on any atom is 0.123 e. The van der Waals surface area contributed by atoms with Crippen LogP contribution in [0.3, 0.4) is 0 Å². The second-order valence-electron chi connectivity index (χ2n) is 6.28. The van der Waals surface area contributed by atoms with Crippen molar-refractivity contribution < 1.29 is 9.84 Å². The van der Waals surface area contributed by atoms with Crippen molar-refractivity contribution in [1.29, 1.82) is 0 Å². The molecule has 0 saturated heterocycles. The molecule has 21 heavy (non-hydrogen) atoms. The summed E-state index contributed by atoms with van der Waals surface area (Å²) in [6, 6.07) is 14.1. The molecule has 0 aromatic heterocycles. The average molecular weight is 347 g/mol. The highest BCUT2D eigenvalue weighted by Gasteiger charge is 2.32. The Kier molecular flexibility index (Phi) is 3.80. The highest BCUT2D eigenvalue weighted by Crippen LogP contribution is 2.39. The van der Waals surface area contributed by atoms with Gasteiger partial charge in [0, 0.05) is 21.9 Å². The predicted molar refractivity (Wildman–Crippen MR) is 87.8 cm³/mol. The zero-order chi connectivity index (χ0) is 15.0. The van der Waals surface area contributed by atoms with Gasteiger partial charge in [0.15, 0.2) is 0 Å². The Bertz CT molecular complexity index is 664. The Hall–Kier alpha value is -1.32. The molecule has 0 spiro atoms. The minimum absolute atomic E-state index is 0.0147. The molecule has 1 heterocycles. The van der Waals surface area contributed by atoms with E-state index < -0.39 is 6.10 Å². The number of halogens is 1. The van der Waals surface area contributed by atoms with Gasteiger partial charge in [-0.3, -0.25) is 0 Å². The van der Waals surface area contributed by atoms with E-state index in [1.807, 2.05) is 36.4 Å². The summed E-state index contributed by atoms with van der Waals surface area (Å²) in [5.41, 5.74) is 3.27. The molecule has 2 aromatic carbocycles. The monoisotopic (exact) mass is 346 g/mol. The van der Waals surface area contributed by atoms with E-state index in [2.05, 4.69) is 35.8 Å². The van der Waals surface area contributed by atoms with E-state index in [0.29, 0.717) is 13.0 Å². The fourth-order valence-corrected chi connectivity index (χ4v) is 3.20. The van der Waals surface area contributed by atoms with Crippen LogP contribution in [0.15, 0.2) is 46.9 Å². The van der Waals surface area contributed by atoms with Gasteiger partial charge < -0.3 is 9.84 Å². The highest BCUT2D eigenvalue weighted by atomic mass is 79.9. The second kappa shape index (κ2) is 5.47. The Morgan fingerprint density at radius 2 is 2.05 bits per heavy atom. The third-order valence-corrected chi connectivity index (χ3v) is 4.52. The van der Waals surface area contributed by atoms with E-state index in [0.717, 1.165) is 21.3 Å². The van der Waals surface area contributed by atoms with Crippen LogP contribution in [-0.4, -0.2) is 11.7 Å². The maximum atomic E-state index is 10.5. The lowest BCUT2D eigenvalue weighted by molar-refractivity contribution is 0.178. The smallest absolute Gasteiger partial charge is 0.123 e. The lowest BCUT2D eigenvalue weighted by Crippen LogP contribution is -2.18.